The first kappa shape index (κ1) is 15.7. The predicted octanol–water partition coefficient (Wildman–Crippen LogP) is 3.23. The van der Waals surface area contributed by atoms with Crippen molar-refractivity contribution in [1.82, 2.24) is 5.32 Å². The lowest BCUT2D eigenvalue weighted by molar-refractivity contribution is -0.121. The quantitative estimate of drug-likeness (QED) is 0.878. The summed E-state index contributed by atoms with van der Waals surface area (Å²) < 4.78 is 0. The molecule has 0 atom stereocenters. The van der Waals surface area contributed by atoms with E-state index in [2.05, 4.69) is 43.5 Å². The number of aryl methyl sites for hydroxylation is 1. The molecule has 0 saturated carbocycles. The summed E-state index contributed by atoms with van der Waals surface area (Å²) in [6.45, 7) is 12.3. The molecule has 0 aliphatic rings. The third-order valence-electron chi connectivity index (χ3n) is 3.53. The van der Waals surface area contributed by atoms with Gasteiger partial charge in [0.05, 0.1) is 5.54 Å². The van der Waals surface area contributed by atoms with E-state index >= 15 is 0 Å². The first-order valence-corrected chi connectivity index (χ1v) is 6.69. The van der Waals surface area contributed by atoms with Crippen molar-refractivity contribution in [2.75, 3.05) is 12.4 Å². The fourth-order valence-electron chi connectivity index (χ4n) is 1.66. The summed E-state index contributed by atoms with van der Waals surface area (Å²) >= 11 is 0. The van der Waals surface area contributed by atoms with Crippen LogP contribution in [0.3, 0.4) is 0 Å². The van der Waals surface area contributed by atoms with E-state index in [1.807, 2.05) is 26.8 Å². The van der Waals surface area contributed by atoms with Gasteiger partial charge in [0.1, 0.15) is 0 Å². The van der Waals surface area contributed by atoms with Gasteiger partial charge in [-0.15, -0.1) is 0 Å². The first-order chi connectivity index (χ1) is 8.58. The Kier molecular flexibility index (Phi) is 4.41. The topological polar surface area (TPSA) is 41.1 Å². The molecule has 106 valence electrons. The van der Waals surface area contributed by atoms with E-state index in [1.165, 1.54) is 5.56 Å². The number of anilines is 1. The summed E-state index contributed by atoms with van der Waals surface area (Å²) in [4.78, 5) is 12.1. The minimum atomic E-state index is -0.574. The van der Waals surface area contributed by atoms with Gasteiger partial charge in [-0.2, -0.15) is 0 Å². The van der Waals surface area contributed by atoms with Crippen molar-refractivity contribution in [3.05, 3.63) is 29.3 Å². The molecule has 0 aromatic heterocycles. The molecule has 1 aromatic carbocycles. The molecule has 0 saturated heterocycles. The van der Waals surface area contributed by atoms with Gasteiger partial charge in [0, 0.05) is 5.69 Å². The van der Waals surface area contributed by atoms with Crippen LogP contribution in [0.4, 0.5) is 5.69 Å². The largest absolute Gasteiger partial charge is 0.324 e. The summed E-state index contributed by atoms with van der Waals surface area (Å²) in [6, 6.07) is 6.20. The second-order valence-corrected chi connectivity index (χ2v) is 6.61. The maximum atomic E-state index is 12.1. The summed E-state index contributed by atoms with van der Waals surface area (Å²) in [7, 11) is 1.79. The van der Waals surface area contributed by atoms with Crippen molar-refractivity contribution < 1.29 is 4.79 Å². The van der Waals surface area contributed by atoms with Crippen LogP contribution in [-0.4, -0.2) is 18.5 Å². The van der Waals surface area contributed by atoms with Crippen molar-refractivity contribution in [3.63, 3.8) is 0 Å². The highest BCUT2D eigenvalue weighted by Crippen LogP contribution is 2.26. The molecule has 0 spiro atoms. The van der Waals surface area contributed by atoms with Crippen molar-refractivity contribution >= 4 is 11.6 Å². The van der Waals surface area contributed by atoms with E-state index in [4.69, 9.17) is 0 Å². The van der Waals surface area contributed by atoms with Crippen molar-refractivity contribution in [2.24, 2.45) is 0 Å². The molecule has 0 radical (unpaired) electrons. The Balaban J connectivity index is 2.96. The van der Waals surface area contributed by atoms with Gasteiger partial charge in [0.2, 0.25) is 5.91 Å². The van der Waals surface area contributed by atoms with Crippen LogP contribution in [0.1, 0.15) is 45.7 Å². The standard InChI is InChI=1S/C16H26N2O/c1-11-10-12(15(2,3)4)8-9-13(11)18-14(19)16(5,6)17-7/h8-10,17H,1-7H3,(H,18,19). The van der Waals surface area contributed by atoms with Crippen LogP contribution in [0.25, 0.3) is 0 Å². The Labute approximate surface area is 116 Å². The van der Waals surface area contributed by atoms with Gasteiger partial charge in [-0.1, -0.05) is 32.9 Å². The van der Waals surface area contributed by atoms with Gasteiger partial charge in [0.25, 0.3) is 0 Å². The van der Waals surface area contributed by atoms with E-state index in [0.29, 0.717) is 0 Å². The van der Waals surface area contributed by atoms with Gasteiger partial charge in [-0.3, -0.25) is 4.79 Å². The monoisotopic (exact) mass is 262 g/mol. The molecular weight excluding hydrogens is 236 g/mol. The maximum Gasteiger partial charge on any atom is 0.244 e. The number of nitrogens with one attached hydrogen (secondary N) is 2. The molecule has 0 fully saturated rings. The Morgan fingerprint density at radius 1 is 1.11 bits per heavy atom. The highest BCUT2D eigenvalue weighted by Gasteiger charge is 2.25. The lowest BCUT2D eigenvalue weighted by atomic mass is 9.86. The third kappa shape index (κ3) is 3.80. The second kappa shape index (κ2) is 5.33. The number of hydrogen-bond donors (Lipinski definition) is 2. The second-order valence-electron chi connectivity index (χ2n) is 6.61. The Hall–Kier alpha value is -1.35. The van der Waals surface area contributed by atoms with Gasteiger partial charge in [0.15, 0.2) is 0 Å². The summed E-state index contributed by atoms with van der Waals surface area (Å²) in [5, 5.41) is 5.98. The van der Waals surface area contributed by atoms with Gasteiger partial charge >= 0.3 is 0 Å². The Morgan fingerprint density at radius 2 is 1.68 bits per heavy atom. The van der Waals surface area contributed by atoms with Gasteiger partial charge in [-0.05, 0) is 50.4 Å². The fourth-order valence-corrected chi connectivity index (χ4v) is 1.66. The van der Waals surface area contributed by atoms with E-state index in [0.717, 1.165) is 11.3 Å². The first-order valence-electron chi connectivity index (χ1n) is 6.69. The zero-order valence-electron chi connectivity index (χ0n) is 13.1. The number of likely N-dealkylation sites (N-methyl/N-ethyl adjacent to an activating group) is 1. The number of benzene rings is 1. The highest BCUT2D eigenvalue weighted by atomic mass is 16.2. The Morgan fingerprint density at radius 3 is 2.11 bits per heavy atom. The zero-order chi connectivity index (χ0) is 14.8. The molecule has 3 heteroatoms. The molecule has 2 N–H and O–H groups in total. The van der Waals surface area contributed by atoms with Crippen molar-refractivity contribution in [2.45, 2.75) is 52.5 Å². The van der Waals surface area contributed by atoms with Gasteiger partial charge < -0.3 is 10.6 Å². The number of carbonyl (C=O) groups is 1. The molecule has 0 aliphatic carbocycles. The van der Waals surface area contributed by atoms with Crippen LogP contribution < -0.4 is 10.6 Å². The van der Waals surface area contributed by atoms with E-state index in [9.17, 15) is 4.79 Å². The molecule has 1 rings (SSSR count). The SMILES string of the molecule is CNC(C)(C)C(=O)Nc1ccc(C(C)(C)C)cc1C. The Bertz CT molecular complexity index is 470. The lowest BCUT2D eigenvalue weighted by Crippen LogP contribution is -2.48. The number of hydrogen-bond acceptors (Lipinski definition) is 2. The van der Waals surface area contributed by atoms with Crippen molar-refractivity contribution in [3.8, 4) is 0 Å². The smallest absolute Gasteiger partial charge is 0.244 e. The molecule has 0 heterocycles. The van der Waals surface area contributed by atoms with Crippen LogP contribution in [-0.2, 0) is 10.2 Å². The maximum absolute atomic E-state index is 12.1. The molecule has 0 bridgehead atoms. The normalized spacial score (nSPS) is 12.4. The van der Waals surface area contributed by atoms with Crippen molar-refractivity contribution in [1.29, 1.82) is 0 Å². The van der Waals surface area contributed by atoms with E-state index in [1.54, 1.807) is 7.05 Å². The minimum Gasteiger partial charge on any atom is -0.324 e. The minimum absolute atomic E-state index is 0.0263. The summed E-state index contributed by atoms with van der Waals surface area (Å²) in [5.41, 5.74) is 2.79. The molecule has 1 aromatic rings. The predicted molar refractivity (Wildman–Crippen MR) is 81.6 cm³/mol. The lowest BCUT2D eigenvalue weighted by Gasteiger charge is -2.24. The highest BCUT2D eigenvalue weighted by molar-refractivity contribution is 5.98. The molecule has 3 nitrogen and oxygen atoms in total. The van der Waals surface area contributed by atoms with Crippen LogP contribution in [0.2, 0.25) is 0 Å². The number of amides is 1. The summed E-state index contributed by atoms with van der Waals surface area (Å²) in [6.07, 6.45) is 0. The average Bonchev–Trinajstić information content (AvgIpc) is 2.30. The third-order valence-corrected chi connectivity index (χ3v) is 3.53. The molecular formula is C16H26N2O. The zero-order valence-corrected chi connectivity index (χ0v) is 13.1. The van der Waals surface area contributed by atoms with Crippen LogP contribution in [0, 0.1) is 6.92 Å². The summed E-state index contributed by atoms with van der Waals surface area (Å²) in [5.74, 6) is -0.0263. The van der Waals surface area contributed by atoms with Crippen LogP contribution in [0.15, 0.2) is 18.2 Å². The molecule has 19 heavy (non-hydrogen) atoms. The van der Waals surface area contributed by atoms with E-state index < -0.39 is 5.54 Å². The molecule has 1 amide bonds. The average molecular weight is 262 g/mol. The molecule has 0 unspecified atom stereocenters. The number of carbonyl (C=O) groups excluding carboxylic acids is 1. The molecule has 0 aliphatic heterocycles. The fraction of sp³-hybridized carbons (Fsp3) is 0.562. The van der Waals surface area contributed by atoms with Crippen LogP contribution in [0.5, 0.6) is 0 Å². The van der Waals surface area contributed by atoms with E-state index in [-0.39, 0.29) is 11.3 Å². The number of rotatable bonds is 3. The van der Waals surface area contributed by atoms with Crippen LogP contribution >= 0.6 is 0 Å². The van der Waals surface area contributed by atoms with Gasteiger partial charge in [-0.25, -0.2) is 0 Å².